The molecule has 0 atom stereocenters. The van der Waals surface area contributed by atoms with Gasteiger partial charge in [-0.3, -0.25) is 4.79 Å². The number of carbonyl (C=O) groups is 1. The van der Waals surface area contributed by atoms with Gasteiger partial charge in [0.25, 0.3) is 0 Å². The number of hydrogen-bond acceptors (Lipinski definition) is 3. The Kier molecular flexibility index (Phi) is 4.41. The largest absolute Gasteiger partial charge is 0.494 e. The number of aliphatic hydroxyl groups is 1. The third-order valence-corrected chi connectivity index (χ3v) is 5.93. The van der Waals surface area contributed by atoms with Crippen molar-refractivity contribution < 1.29 is 14.6 Å². The van der Waals surface area contributed by atoms with E-state index < -0.39 is 5.60 Å². The van der Waals surface area contributed by atoms with E-state index in [4.69, 9.17) is 4.74 Å². The summed E-state index contributed by atoms with van der Waals surface area (Å²) in [5.74, 6) is 0.796. The Morgan fingerprint density at radius 3 is 2.17 bits per heavy atom. The molecule has 3 heteroatoms. The third kappa shape index (κ3) is 2.82. The molecule has 0 saturated heterocycles. The van der Waals surface area contributed by atoms with E-state index in [0.717, 1.165) is 22.1 Å². The highest BCUT2D eigenvalue weighted by Gasteiger charge is 2.42. The van der Waals surface area contributed by atoms with Crippen LogP contribution in [0.25, 0.3) is 10.8 Å². The van der Waals surface area contributed by atoms with Crippen molar-refractivity contribution in [2.75, 3.05) is 6.61 Å². The molecule has 0 spiro atoms. The van der Waals surface area contributed by atoms with E-state index in [9.17, 15) is 9.90 Å². The summed E-state index contributed by atoms with van der Waals surface area (Å²) < 4.78 is 5.64. The number of hydrogen-bond donors (Lipinski definition) is 1. The first-order chi connectivity index (χ1) is 14.6. The molecule has 148 valence electrons. The minimum atomic E-state index is -1.28. The Balaban J connectivity index is 1.68. The Hall–Kier alpha value is -3.43. The molecule has 0 fully saturated rings. The van der Waals surface area contributed by atoms with E-state index in [-0.39, 0.29) is 5.78 Å². The van der Waals surface area contributed by atoms with E-state index in [1.807, 2.05) is 73.7 Å². The molecular formula is C27H22O3. The minimum Gasteiger partial charge on any atom is -0.494 e. The topological polar surface area (TPSA) is 46.5 Å². The highest BCUT2D eigenvalue weighted by Crippen LogP contribution is 2.42. The molecule has 0 unspecified atom stereocenters. The van der Waals surface area contributed by atoms with E-state index in [1.54, 1.807) is 12.1 Å². The number of rotatable bonds is 4. The summed E-state index contributed by atoms with van der Waals surface area (Å²) in [6.45, 7) is 2.59. The first-order valence-electron chi connectivity index (χ1n) is 10.2. The van der Waals surface area contributed by atoms with Gasteiger partial charge in [0.1, 0.15) is 11.4 Å². The molecule has 4 aromatic rings. The first kappa shape index (κ1) is 18.6. The van der Waals surface area contributed by atoms with Crippen molar-refractivity contribution >= 4 is 16.6 Å². The molecule has 0 radical (unpaired) electrons. The maximum atomic E-state index is 13.0. The van der Waals surface area contributed by atoms with Crippen LogP contribution in [0.5, 0.6) is 5.75 Å². The van der Waals surface area contributed by atoms with Crippen LogP contribution in [0.4, 0.5) is 0 Å². The van der Waals surface area contributed by atoms with Crippen molar-refractivity contribution in [1.82, 2.24) is 0 Å². The molecule has 0 amide bonds. The minimum absolute atomic E-state index is 0.0369. The Morgan fingerprint density at radius 1 is 0.833 bits per heavy atom. The predicted molar refractivity (Wildman–Crippen MR) is 118 cm³/mol. The maximum absolute atomic E-state index is 13.0. The van der Waals surface area contributed by atoms with Crippen LogP contribution < -0.4 is 4.74 Å². The monoisotopic (exact) mass is 394 g/mol. The van der Waals surface area contributed by atoms with Gasteiger partial charge in [0.2, 0.25) is 0 Å². The lowest BCUT2D eigenvalue weighted by molar-refractivity contribution is 0.0723. The standard InChI is InChI=1S/C27H22O3/c1-2-30-20-14-15-21-18(16-20)8-7-9-19(21)17-27(29)24-12-5-3-10-22(24)26(28)23-11-4-6-13-25(23)27/h3-16,29H,2,17H2,1H3. The van der Waals surface area contributed by atoms with Crippen LogP contribution in [-0.4, -0.2) is 17.5 Å². The second-order valence-corrected chi connectivity index (χ2v) is 7.69. The van der Waals surface area contributed by atoms with Gasteiger partial charge in [-0.05, 0) is 46.5 Å². The van der Waals surface area contributed by atoms with Gasteiger partial charge in [0.15, 0.2) is 5.78 Å². The number of carbonyl (C=O) groups excluding carboxylic acids is 1. The maximum Gasteiger partial charge on any atom is 0.193 e. The van der Waals surface area contributed by atoms with Crippen molar-refractivity contribution in [2.24, 2.45) is 0 Å². The Labute approximate surface area is 175 Å². The molecule has 3 nitrogen and oxygen atoms in total. The summed E-state index contributed by atoms with van der Waals surface area (Å²) >= 11 is 0. The van der Waals surface area contributed by atoms with Crippen molar-refractivity contribution in [3.63, 3.8) is 0 Å². The first-order valence-corrected chi connectivity index (χ1v) is 10.2. The van der Waals surface area contributed by atoms with E-state index in [1.165, 1.54) is 0 Å². The van der Waals surface area contributed by atoms with Crippen molar-refractivity contribution in [1.29, 1.82) is 0 Å². The molecule has 1 aliphatic rings. The quantitative estimate of drug-likeness (QED) is 0.513. The lowest BCUT2D eigenvalue weighted by atomic mass is 9.71. The highest BCUT2D eigenvalue weighted by molar-refractivity contribution is 6.13. The Bertz CT molecular complexity index is 1220. The molecule has 4 aromatic carbocycles. The highest BCUT2D eigenvalue weighted by atomic mass is 16.5. The Morgan fingerprint density at radius 2 is 1.50 bits per heavy atom. The van der Waals surface area contributed by atoms with Crippen LogP contribution in [0.1, 0.15) is 39.5 Å². The molecule has 1 N–H and O–H groups in total. The van der Waals surface area contributed by atoms with Gasteiger partial charge in [0, 0.05) is 17.5 Å². The smallest absolute Gasteiger partial charge is 0.193 e. The van der Waals surface area contributed by atoms with Crippen LogP contribution in [-0.2, 0) is 12.0 Å². The fourth-order valence-corrected chi connectivity index (χ4v) is 4.58. The van der Waals surface area contributed by atoms with Crippen LogP contribution >= 0.6 is 0 Å². The lowest BCUT2D eigenvalue weighted by Crippen LogP contribution is -2.37. The zero-order valence-electron chi connectivity index (χ0n) is 16.8. The van der Waals surface area contributed by atoms with Crippen molar-refractivity contribution in [3.8, 4) is 5.75 Å². The van der Waals surface area contributed by atoms with Gasteiger partial charge in [0.05, 0.1) is 6.61 Å². The molecule has 0 aromatic heterocycles. The van der Waals surface area contributed by atoms with Crippen LogP contribution in [0.3, 0.4) is 0 Å². The lowest BCUT2D eigenvalue weighted by Gasteiger charge is -2.36. The van der Waals surface area contributed by atoms with Crippen LogP contribution in [0.15, 0.2) is 84.9 Å². The molecular weight excluding hydrogens is 372 g/mol. The number of ether oxygens (including phenoxy) is 1. The van der Waals surface area contributed by atoms with Crippen molar-refractivity contribution in [3.05, 3.63) is 113 Å². The van der Waals surface area contributed by atoms with Crippen molar-refractivity contribution in [2.45, 2.75) is 18.9 Å². The fraction of sp³-hybridized carbons (Fsp3) is 0.148. The number of ketones is 1. The molecule has 30 heavy (non-hydrogen) atoms. The fourth-order valence-electron chi connectivity index (χ4n) is 4.58. The van der Waals surface area contributed by atoms with Gasteiger partial charge in [-0.15, -0.1) is 0 Å². The summed E-state index contributed by atoms with van der Waals surface area (Å²) in [6.07, 6.45) is 0.375. The summed E-state index contributed by atoms with van der Waals surface area (Å²) in [5, 5.41) is 14.2. The second kappa shape index (κ2) is 7.12. The van der Waals surface area contributed by atoms with Crippen LogP contribution in [0.2, 0.25) is 0 Å². The zero-order chi connectivity index (χ0) is 20.7. The molecule has 0 bridgehead atoms. The molecule has 1 aliphatic carbocycles. The number of fused-ring (bicyclic) bond motifs is 3. The number of benzene rings is 4. The summed E-state index contributed by atoms with van der Waals surface area (Å²) in [6, 6.07) is 26.9. The predicted octanol–water partition coefficient (Wildman–Crippen LogP) is 5.26. The van der Waals surface area contributed by atoms with E-state index >= 15 is 0 Å². The SMILES string of the molecule is CCOc1ccc2c(CC3(O)c4ccccc4C(=O)c4ccccc43)cccc2c1. The van der Waals surface area contributed by atoms with Crippen LogP contribution in [0, 0.1) is 0 Å². The zero-order valence-corrected chi connectivity index (χ0v) is 16.8. The van der Waals surface area contributed by atoms with Gasteiger partial charge >= 0.3 is 0 Å². The summed E-state index contributed by atoms with van der Waals surface area (Å²) in [4.78, 5) is 13.0. The van der Waals surface area contributed by atoms with E-state index in [0.29, 0.717) is 35.3 Å². The second-order valence-electron chi connectivity index (χ2n) is 7.69. The molecule has 0 saturated carbocycles. The van der Waals surface area contributed by atoms with Gasteiger partial charge in [-0.25, -0.2) is 0 Å². The summed E-state index contributed by atoms with van der Waals surface area (Å²) in [7, 11) is 0. The summed E-state index contributed by atoms with van der Waals surface area (Å²) in [5.41, 5.74) is 2.20. The average molecular weight is 394 g/mol. The van der Waals surface area contributed by atoms with E-state index in [2.05, 4.69) is 6.07 Å². The molecule has 0 heterocycles. The van der Waals surface area contributed by atoms with Gasteiger partial charge in [-0.2, -0.15) is 0 Å². The average Bonchev–Trinajstić information content (AvgIpc) is 2.78. The normalized spacial score (nSPS) is 14.3. The van der Waals surface area contributed by atoms with Gasteiger partial charge in [-0.1, -0.05) is 72.8 Å². The third-order valence-electron chi connectivity index (χ3n) is 5.93. The molecule has 0 aliphatic heterocycles. The van der Waals surface area contributed by atoms with Gasteiger partial charge < -0.3 is 9.84 Å². The molecule has 5 rings (SSSR count).